The van der Waals surface area contributed by atoms with Crippen LogP contribution in [-0.2, 0) is 14.2 Å². The number of hydrogen-bond donors (Lipinski definition) is 0. The lowest BCUT2D eigenvalue weighted by atomic mass is 9.71. The number of benzene rings is 1. The number of carbonyl (C=O) groups excluding carboxylic acids is 1. The summed E-state index contributed by atoms with van der Waals surface area (Å²) < 4.78 is 38.6. The molecule has 1 saturated carbocycles. The summed E-state index contributed by atoms with van der Waals surface area (Å²) in [5, 5.41) is 0. The summed E-state index contributed by atoms with van der Waals surface area (Å²) in [5.74, 6) is 0.306. The molecule has 3 aliphatic heterocycles. The van der Waals surface area contributed by atoms with E-state index in [-0.39, 0.29) is 34.3 Å². The van der Waals surface area contributed by atoms with E-state index in [0.29, 0.717) is 37.1 Å². The Balaban J connectivity index is 1.07. The lowest BCUT2D eigenvalue weighted by Crippen LogP contribution is -2.62. The predicted octanol–water partition coefficient (Wildman–Crippen LogP) is 4.88. The number of amides is 1. The molecule has 4 heterocycles. The van der Waals surface area contributed by atoms with Gasteiger partial charge in [-0.25, -0.2) is 14.4 Å². The Morgan fingerprint density at radius 1 is 1.07 bits per heavy atom. The van der Waals surface area contributed by atoms with Crippen molar-refractivity contribution in [1.29, 1.82) is 0 Å². The first-order valence-electron chi connectivity index (χ1n) is 16.1. The molecule has 11 heteroatoms. The van der Waals surface area contributed by atoms with Crippen LogP contribution in [0.5, 0.6) is 11.5 Å². The minimum Gasteiger partial charge on any atom is -0.451 e. The van der Waals surface area contributed by atoms with E-state index < -0.39 is 5.82 Å². The lowest BCUT2D eigenvalue weighted by Gasteiger charge is -2.55. The third kappa shape index (κ3) is 6.16. The molecular weight excluding hydrogens is 565 g/mol. The van der Waals surface area contributed by atoms with Crippen molar-refractivity contribution in [2.45, 2.75) is 76.7 Å². The molecule has 240 valence electrons. The number of methoxy groups -OCH3 is 1. The van der Waals surface area contributed by atoms with Crippen molar-refractivity contribution in [3.05, 3.63) is 42.1 Å². The first kappa shape index (κ1) is 31.1. The monoisotopic (exact) mass is 611 g/mol. The van der Waals surface area contributed by atoms with E-state index in [1.54, 1.807) is 11.1 Å². The maximum absolute atomic E-state index is 14.3. The van der Waals surface area contributed by atoms with Crippen LogP contribution in [0.1, 0.15) is 69.7 Å². The number of nitrogens with zero attached hydrogens (tertiary/aromatic N) is 5. The summed E-state index contributed by atoms with van der Waals surface area (Å²) in [7, 11) is 1.85. The Hall–Kier alpha value is -2.86. The second-order valence-corrected chi connectivity index (χ2v) is 13.3. The van der Waals surface area contributed by atoms with Crippen LogP contribution >= 0.6 is 0 Å². The number of carbonyl (C=O) groups is 1. The smallest absolute Gasteiger partial charge is 0.257 e. The molecule has 4 aliphatic rings. The highest BCUT2D eigenvalue weighted by Crippen LogP contribution is 2.46. The molecule has 0 unspecified atom stereocenters. The minimum atomic E-state index is -0.484. The van der Waals surface area contributed by atoms with Crippen molar-refractivity contribution >= 4 is 11.7 Å². The molecule has 0 N–H and O–H groups in total. The minimum absolute atomic E-state index is 0.0288. The van der Waals surface area contributed by atoms with Crippen LogP contribution in [0.3, 0.4) is 0 Å². The number of aromatic nitrogens is 2. The van der Waals surface area contributed by atoms with Gasteiger partial charge in [-0.05, 0) is 77.7 Å². The Kier molecular flexibility index (Phi) is 8.85. The van der Waals surface area contributed by atoms with Crippen molar-refractivity contribution in [3.63, 3.8) is 0 Å². The van der Waals surface area contributed by atoms with Crippen molar-refractivity contribution in [2.24, 2.45) is 5.41 Å². The second-order valence-electron chi connectivity index (χ2n) is 13.3. The first-order valence-corrected chi connectivity index (χ1v) is 16.1. The molecule has 3 saturated heterocycles. The van der Waals surface area contributed by atoms with Gasteiger partial charge in [0.25, 0.3) is 5.91 Å². The van der Waals surface area contributed by atoms with Gasteiger partial charge in [-0.2, -0.15) is 0 Å². The summed E-state index contributed by atoms with van der Waals surface area (Å²) in [6.07, 6.45) is 9.03. The van der Waals surface area contributed by atoms with Crippen LogP contribution in [0, 0.1) is 11.2 Å². The molecule has 2 spiro atoms. The van der Waals surface area contributed by atoms with Crippen molar-refractivity contribution in [2.75, 3.05) is 64.5 Å². The van der Waals surface area contributed by atoms with Crippen LogP contribution in [0.2, 0.25) is 0 Å². The number of rotatable bonds is 9. The highest BCUT2D eigenvalue weighted by molar-refractivity contribution is 5.97. The van der Waals surface area contributed by atoms with E-state index >= 15 is 0 Å². The topological polar surface area (TPSA) is 89.5 Å². The molecule has 1 aromatic carbocycles. The number of hydrogen-bond acceptors (Lipinski definition) is 9. The summed E-state index contributed by atoms with van der Waals surface area (Å²) in [5.41, 5.74) is 0.276. The van der Waals surface area contributed by atoms with Gasteiger partial charge >= 0.3 is 0 Å². The van der Waals surface area contributed by atoms with E-state index in [4.69, 9.17) is 18.9 Å². The summed E-state index contributed by atoms with van der Waals surface area (Å²) in [6.45, 7) is 12.5. The largest absolute Gasteiger partial charge is 0.451 e. The fraction of sp³-hybridized carbons (Fsp3) is 0.667. The Bertz CT molecular complexity index is 1310. The molecule has 0 atom stereocenters. The van der Waals surface area contributed by atoms with E-state index in [1.165, 1.54) is 24.5 Å². The average Bonchev–Trinajstić information content (AvgIpc) is 3.47. The number of piperidine rings is 1. The summed E-state index contributed by atoms with van der Waals surface area (Å²) >= 11 is 0. The maximum atomic E-state index is 14.3. The van der Waals surface area contributed by atoms with Gasteiger partial charge in [0.15, 0.2) is 17.4 Å². The van der Waals surface area contributed by atoms with Crippen LogP contribution < -0.4 is 9.64 Å². The molecule has 1 aromatic heterocycles. The fourth-order valence-corrected chi connectivity index (χ4v) is 7.52. The number of ether oxygens (including phenoxy) is 4. The van der Waals surface area contributed by atoms with Gasteiger partial charge in [0.1, 0.15) is 17.9 Å². The molecule has 1 aliphatic carbocycles. The lowest BCUT2D eigenvalue weighted by molar-refractivity contribution is -0.209. The van der Waals surface area contributed by atoms with Gasteiger partial charge in [0.05, 0.1) is 30.6 Å². The zero-order valence-corrected chi connectivity index (χ0v) is 26.5. The maximum Gasteiger partial charge on any atom is 0.257 e. The van der Waals surface area contributed by atoms with E-state index in [2.05, 4.69) is 19.8 Å². The molecule has 1 amide bonds. The van der Waals surface area contributed by atoms with Gasteiger partial charge in [-0.3, -0.25) is 4.79 Å². The second kappa shape index (κ2) is 12.5. The quantitative estimate of drug-likeness (QED) is 0.394. The number of likely N-dealkylation sites (tertiary alicyclic amines) is 1. The molecule has 0 bridgehead atoms. The van der Waals surface area contributed by atoms with Gasteiger partial charge in [-0.1, -0.05) is 0 Å². The normalized spacial score (nSPS) is 22.4. The van der Waals surface area contributed by atoms with Gasteiger partial charge in [0.2, 0.25) is 0 Å². The van der Waals surface area contributed by atoms with E-state index in [1.807, 2.05) is 27.9 Å². The molecule has 6 rings (SSSR count). The zero-order chi connectivity index (χ0) is 31.0. The molecule has 4 fully saturated rings. The molecule has 10 nitrogen and oxygen atoms in total. The molecular formula is C33H46FN5O5. The van der Waals surface area contributed by atoms with E-state index in [0.717, 1.165) is 71.2 Å². The van der Waals surface area contributed by atoms with Gasteiger partial charge in [0, 0.05) is 57.6 Å². The molecule has 44 heavy (non-hydrogen) atoms. The first-order chi connectivity index (χ1) is 21.2. The van der Waals surface area contributed by atoms with Crippen molar-refractivity contribution in [3.8, 4) is 11.5 Å². The highest BCUT2D eigenvalue weighted by atomic mass is 19.1. The average molecular weight is 612 g/mol. The Morgan fingerprint density at radius 3 is 2.41 bits per heavy atom. The van der Waals surface area contributed by atoms with Gasteiger partial charge < -0.3 is 33.6 Å². The van der Waals surface area contributed by atoms with Crippen LogP contribution in [-0.4, -0.2) is 103 Å². The predicted molar refractivity (Wildman–Crippen MR) is 164 cm³/mol. The summed E-state index contributed by atoms with van der Waals surface area (Å²) in [6, 6.07) is 4.03. The number of anilines is 1. The SMILES string of the molecule is CCN(C(=O)c1cc(F)ccc1Oc1cncnc1N1CC2(CCN(CC3(OC)CCC4(CC3)OCCO4)CC2)C1)C(C)C. The fourth-order valence-electron chi connectivity index (χ4n) is 7.52. The summed E-state index contributed by atoms with van der Waals surface area (Å²) in [4.78, 5) is 28.6. The molecule has 2 aromatic rings. The molecule has 0 radical (unpaired) electrons. The Morgan fingerprint density at radius 2 is 1.77 bits per heavy atom. The third-order valence-corrected chi connectivity index (χ3v) is 10.2. The van der Waals surface area contributed by atoms with Crippen LogP contribution in [0.4, 0.5) is 10.2 Å². The van der Waals surface area contributed by atoms with Crippen molar-refractivity contribution < 1.29 is 28.1 Å². The van der Waals surface area contributed by atoms with Crippen LogP contribution in [0.25, 0.3) is 0 Å². The Labute approximate surface area is 259 Å². The zero-order valence-electron chi connectivity index (χ0n) is 26.5. The third-order valence-electron chi connectivity index (χ3n) is 10.2. The highest BCUT2D eigenvalue weighted by Gasteiger charge is 2.50. The van der Waals surface area contributed by atoms with Crippen molar-refractivity contribution in [1.82, 2.24) is 19.8 Å². The van der Waals surface area contributed by atoms with E-state index in [9.17, 15) is 9.18 Å². The van der Waals surface area contributed by atoms with Crippen LogP contribution in [0.15, 0.2) is 30.7 Å². The van der Waals surface area contributed by atoms with Gasteiger partial charge in [-0.15, -0.1) is 0 Å². The standard InChI is InChI=1S/C33H46FN5O5/c1-5-39(24(2)3)30(40)26-18-25(34)6-7-27(26)44-28-19-35-23-36-29(28)38-20-31(21-38)12-14-37(15-13-31)22-32(41-4)8-10-33(11-9-32)42-16-17-43-33/h6-7,18-19,23-24H,5,8-17,20-22H2,1-4H3. The number of halogens is 1.